The van der Waals surface area contributed by atoms with Gasteiger partial charge in [0.2, 0.25) is 0 Å². The van der Waals surface area contributed by atoms with Crippen molar-refractivity contribution in [2.75, 3.05) is 136 Å². The van der Waals surface area contributed by atoms with E-state index in [0.717, 1.165) is 104 Å². The summed E-state index contributed by atoms with van der Waals surface area (Å²) >= 11 is 19.7. The molecule has 1 saturated heterocycles. The maximum atomic E-state index is 12.9. The van der Waals surface area contributed by atoms with Crippen LogP contribution in [0, 0.1) is 0 Å². The molecule has 0 unspecified atom stereocenters. The van der Waals surface area contributed by atoms with Gasteiger partial charge in [0.25, 0.3) is 59.1 Å². The Bertz CT molecular complexity index is 6930. The number of imide groups is 5. The first-order valence-corrected chi connectivity index (χ1v) is 49.9. The number of aromatic nitrogens is 11. The highest BCUT2D eigenvalue weighted by Crippen LogP contribution is 2.36. The molecule has 0 aromatic carbocycles. The Balaban J connectivity index is 0.000000157. The molecular weight excluding hydrogens is 2080 g/mol. The largest absolute Gasteiger partial charge is 0.450 e. The number of thiazole rings is 4. The van der Waals surface area contributed by atoms with Crippen LogP contribution in [0.3, 0.4) is 0 Å². The minimum Gasteiger partial charge on any atom is -0.450 e. The highest BCUT2D eigenvalue weighted by atomic mass is 79.9. The van der Waals surface area contributed by atoms with Crippen LogP contribution in [0.15, 0.2) is 129 Å². The molecule has 1 aliphatic heterocycles. The van der Waals surface area contributed by atoms with E-state index in [1.54, 1.807) is 98.4 Å². The molecule has 728 valence electrons. The van der Waals surface area contributed by atoms with Crippen LogP contribution in [-0.4, -0.2) is 243 Å². The second-order valence-corrected chi connectivity index (χ2v) is 38.0. The standard InChI is InChI=1S/C20H22N6O4S2.2C17H17N5O4S2.C15H12BrN5O4S.C15H11ClN4O4S2/c1-3-30-20(29)24-15(27)12-5-11-31-17(12)23-16(28)19-22-14-13(4-6-21-18(14)32-19)26-9-7-25(2)8-10-26;1-4-26-17(25)21-13(23)9-6-8-27-15(9)20-14(24)16-19-11-10(28-16)5-7-18-12(11)22(2)3;1-4-26-17(25)21-12(23)9-6-8-27-14(9)20-13(24)16-19-11-10(22(2)3)5-7-18-15(11)28-16;1-2-25-15(24)20-13(23)9-3-4-26-14(9)19-12(22)8-5-17-11-10(16)6-18-21(11)7-8;1-2-24-15(23)20-11(21)7-3-4-25-13(7)19-12(22)14-18-8-6-17-10(16)5-9(8)26-14/h4-6,11H,3,7-10H2,1-2H3,(H,23,28)(H,24,27,29);2*5-8H,4H2,1-3H3,(H,20,24)(H,21,23,25);3-7H,2H2,1H3,(H,19,22)(H,20,23,24);3-6H,2H2,1H3,(H,19,22)(H,20,21,23). The third kappa shape index (κ3) is 27.1. The first-order chi connectivity index (χ1) is 67.2. The molecule has 16 heterocycles. The van der Waals surface area contributed by atoms with Crippen LogP contribution in [0.1, 0.15) is 136 Å². The maximum absolute atomic E-state index is 12.9. The number of carbonyl (C=O) groups excluding carboxylic acids is 15. The Morgan fingerprint density at radius 3 is 1.21 bits per heavy atom. The molecule has 0 bridgehead atoms. The smallest absolute Gasteiger partial charge is 0.414 e. The average molecular weight is 2160 g/mol. The van der Waals surface area contributed by atoms with E-state index in [4.69, 9.17) is 25.8 Å². The zero-order chi connectivity index (χ0) is 101. The lowest BCUT2D eigenvalue weighted by Crippen LogP contribution is -2.44. The van der Waals surface area contributed by atoms with E-state index in [9.17, 15) is 71.9 Å². The topological polar surface area (TPSA) is 569 Å². The SMILES string of the molecule is CCOC(=O)NC(=O)c1ccsc1NC(=O)c1cnc2c(Br)cnn2c1.CCOC(=O)NC(=O)c1ccsc1NC(=O)c1nc2c(N(C)C)ccnc2s1.CCOC(=O)NC(=O)c1ccsc1NC(=O)c1nc2c(N(C)C)nccc2s1.CCOC(=O)NC(=O)c1ccsc1NC(=O)c1nc2c(N3CCN(C)CC3)ccnc2s1.CCOC(=O)NC(=O)c1ccsc1NC(=O)c1nc2cnc(Cl)cc2s1. The van der Waals surface area contributed by atoms with Gasteiger partial charge in [-0.2, -0.15) is 5.10 Å². The molecular formula is C84H79BrClN25O20S9. The van der Waals surface area contributed by atoms with Crippen LogP contribution in [0.2, 0.25) is 5.15 Å². The number of anilines is 8. The van der Waals surface area contributed by atoms with Crippen molar-refractivity contribution < 1.29 is 95.6 Å². The van der Waals surface area contributed by atoms with Crippen LogP contribution in [0.4, 0.5) is 66.2 Å². The van der Waals surface area contributed by atoms with Crippen molar-refractivity contribution >= 4 is 308 Å². The number of amides is 15. The number of ether oxygens (including phenoxy) is 5. The number of carbonyl (C=O) groups is 15. The first kappa shape index (κ1) is 104. The van der Waals surface area contributed by atoms with Crippen LogP contribution in [0.5, 0.6) is 0 Å². The zero-order valence-electron chi connectivity index (χ0n) is 74.8. The van der Waals surface area contributed by atoms with Gasteiger partial charge in [0.05, 0.1) is 104 Å². The fraction of sp³-hybridized carbons (Fsp3) is 0.226. The summed E-state index contributed by atoms with van der Waals surface area (Å²) in [5.41, 5.74) is 5.99. The van der Waals surface area contributed by atoms with Crippen molar-refractivity contribution in [2.45, 2.75) is 34.6 Å². The first-order valence-electron chi connectivity index (χ1n) is 41.0. The van der Waals surface area contributed by atoms with Gasteiger partial charge in [-0.1, -0.05) is 34.3 Å². The number of nitrogens with zero attached hydrogens (tertiary/aromatic N) is 15. The molecule has 0 saturated carbocycles. The number of halogens is 2. The lowest BCUT2D eigenvalue weighted by molar-refractivity contribution is 0.0912. The molecule has 0 aliphatic carbocycles. The highest BCUT2D eigenvalue weighted by molar-refractivity contribution is 9.10. The molecule has 56 heteroatoms. The molecule has 15 aromatic heterocycles. The number of pyridine rings is 4. The lowest BCUT2D eigenvalue weighted by Gasteiger charge is -2.33. The number of hydrogen-bond acceptors (Lipinski definition) is 43. The minimum atomic E-state index is -0.850. The van der Waals surface area contributed by atoms with Crippen LogP contribution in [0.25, 0.3) is 46.8 Å². The number of fused-ring (bicyclic) bond motifs is 5. The van der Waals surface area contributed by atoms with E-state index in [1.807, 2.05) is 50.1 Å². The number of nitrogens with one attached hydrogen (secondary N) is 10. The van der Waals surface area contributed by atoms with Gasteiger partial charge in [-0.05, 0) is 139 Å². The highest BCUT2D eigenvalue weighted by Gasteiger charge is 2.29. The van der Waals surface area contributed by atoms with Gasteiger partial charge in [0.1, 0.15) is 61.9 Å². The molecule has 16 rings (SSSR count). The van der Waals surface area contributed by atoms with Crippen molar-refractivity contribution in [3.05, 3.63) is 188 Å². The van der Waals surface area contributed by atoms with Gasteiger partial charge in [-0.25, -0.2) is 73.3 Å². The number of likely N-dealkylation sites (N-methyl/N-ethyl adjacent to an activating group) is 1. The van der Waals surface area contributed by atoms with Crippen LogP contribution >= 0.6 is 130 Å². The van der Waals surface area contributed by atoms with Gasteiger partial charge < -0.3 is 69.9 Å². The summed E-state index contributed by atoms with van der Waals surface area (Å²) in [7, 11) is 9.56. The molecule has 0 atom stereocenters. The van der Waals surface area contributed by atoms with Gasteiger partial charge in [0, 0.05) is 85.4 Å². The monoisotopic (exact) mass is 2160 g/mol. The van der Waals surface area contributed by atoms with Gasteiger partial charge in [-0.15, -0.1) is 79.4 Å². The molecule has 15 aromatic rings. The van der Waals surface area contributed by atoms with Crippen molar-refractivity contribution in [2.24, 2.45) is 0 Å². The molecule has 0 radical (unpaired) electrons. The Labute approximate surface area is 841 Å². The van der Waals surface area contributed by atoms with Crippen molar-refractivity contribution in [1.82, 2.24) is 86.0 Å². The summed E-state index contributed by atoms with van der Waals surface area (Å²) < 4.78 is 27.2. The van der Waals surface area contributed by atoms with Crippen molar-refractivity contribution in [3.8, 4) is 0 Å². The second kappa shape index (κ2) is 49.2. The Morgan fingerprint density at radius 2 is 0.786 bits per heavy atom. The average Bonchev–Trinajstić information content (AvgIpc) is 1.61. The summed E-state index contributed by atoms with van der Waals surface area (Å²) in [6.07, 6.45) is 6.81. The van der Waals surface area contributed by atoms with E-state index in [1.165, 1.54) is 98.8 Å². The third-order valence-electron chi connectivity index (χ3n) is 18.3. The summed E-state index contributed by atoms with van der Waals surface area (Å²) in [6, 6.07) is 14.7. The van der Waals surface area contributed by atoms with Gasteiger partial charge in [0.15, 0.2) is 31.5 Å². The normalized spacial score (nSPS) is 11.4. The fourth-order valence-electron chi connectivity index (χ4n) is 12.0. The van der Waals surface area contributed by atoms with Crippen LogP contribution in [-0.2, 0) is 23.7 Å². The Kier molecular flexibility index (Phi) is 36.6. The van der Waals surface area contributed by atoms with Gasteiger partial charge >= 0.3 is 30.5 Å². The van der Waals surface area contributed by atoms with E-state index in [0.29, 0.717) is 77.8 Å². The zero-order valence-corrected chi connectivity index (χ0v) is 84.5. The molecule has 1 fully saturated rings. The minimum absolute atomic E-state index is 0.142. The molecule has 10 N–H and O–H groups in total. The number of rotatable bonds is 23. The summed E-state index contributed by atoms with van der Waals surface area (Å²) in [5.74, 6) is -4.90. The lowest BCUT2D eigenvalue weighted by atomic mass is 10.2. The van der Waals surface area contributed by atoms with E-state index < -0.39 is 89.5 Å². The summed E-state index contributed by atoms with van der Waals surface area (Å²) in [5, 5.41) is 38.9. The number of piperazine rings is 1. The Morgan fingerprint density at radius 1 is 0.407 bits per heavy atom. The molecule has 140 heavy (non-hydrogen) atoms. The number of alkyl carbamates (subject to hydrolysis) is 5. The predicted molar refractivity (Wildman–Crippen MR) is 538 cm³/mol. The van der Waals surface area contributed by atoms with Crippen LogP contribution < -0.4 is 67.9 Å². The quantitative estimate of drug-likeness (QED) is 0.0210. The summed E-state index contributed by atoms with van der Waals surface area (Å²) in [4.78, 5) is 229. The third-order valence-corrected chi connectivity index (χ3v) is 27.2. The fourth-order valence-corrected chi connectivity index (χ4v) is 19.9. The van der Waals surface area contributed by atoms with Crippen molar-refractivity contribution in [1.29, 1.82) is 0 Å². The molecule has 15 amide bonds. The Hall–Kier alpha value is -14.5. The van der Waals surface area contributed by atoms with E-state index >= 15 is 0 Å². The summed E-state index contributed by atoms with van der Waals surface area (Å²) in [6.45, 7) is 12.6. The number of thiophene rings is 5. The van der Waals surface area contributed by atoms with Gasteiger partial charge in [-0.3, -0.25) is 74.5 Å². The number of hydrogen-bond donors (Lipinski definition) is 10. The predicted octanol–water partition coefficient (Wildman–Crippen LogP) is 14.8. The van der Waals surface area contributed by atoms with Crippen molar-refractivity contribution in [3.63, 3.8) is 0 Å². The van der Waals surface area contributed by atoms with E-state index in [2.05, 4.69) is 145 Å². The maximum Gasteiger partial charge on any atom is 0.414 e. The van der Waals surface area contributed by atoms with E-state index in [-0.39, 0.29) is 86.4 Å². The second-order valence-electron chi connectivity index (χ2n) is 28.1. The molecule has 1 aliphatic rings. The molecule has 45 nitrogen and oxygen atoms in total. The molecule has 0 spiro atoms.